The number of ether oxygens (including phenoxy) is 6. The molecule has 0 saturated heterocycles. The van der Waals surface area contributed by atoms with Crippen molar-refractivity contribution in [2.45, 2.75) is 33.1 Å². The highest BCUT2D eigenvalue weighted by Crippen LogP contribution is 2.10. The number of hydrogen-bond acceptors (Lipinski definition) is 7. The first-order valence-electron chi connectivity index (χ1n) is 9.92. The summed E-state index contributed by atoms with van der Waals surface area (Å²) in [5.41, 5.74) is 0. The van der Waals surface area contributed by atoms with Crippen LogP contribution in [-0.2, 0) is 28.4 Å². The Labute approximate surface area is 159 Å². The van der Waals surface area contributed by atoms with Gasteiger partial charge in [-0.1, -0.05) is 26.7 Å². The molecule has 0 aliphatic rings. The van der Waals surface area contributed by atoms with Crippen molar-refractivity contribution in [2.75, 3.05) is 85.9 Å². The van der Waals surface area contributed by atoms with Gasteiger partial charge in [0.15, 0.2) is 0 Å². The molecule has 0 rings (SSSR count). The van der Waals surface area contributed by atoms with Crippen LogP contribution in [-0.4, -0.2) is 91.0 Å². The summed E-state index contributed by atoms with van der Waals surface area (Å²) in [6.45, 7) is 11.2. The summed E-state index contributed by atoms with van der Waals surface area (Å²) in [4.78, 5) is 0. The first-order valence-corrected chi connectivity index (χ1v) is 9.92. The van der Waals surface area contributed by atoms with Crippen molar-refractivity contribution in [3.8, 4) is 0 Å². The molecule has 26 heavy (non-hydrogen) atoms. The van der Waals surface area contributed by atoms with Gasteiger partial charge in [-0.2, -0.15) is 0 Å². The van der Waals surface area contributed by atoms with E-state index < -0.39 is 0 Å². The van der Waals surface area contributed by atoms with Gasteiger partial charge < -0.3 is 33.5 Å². The van der Waals surface area contributed by atoms with Crippen LogP contribution in [0.15, 0.2) is 0 Å². The minimum Gasteiger partial charge on any atom is -0.394 e. The predicted molar refractivity (Wildman–Crippen MR) is 101 cm³/mol. The standard InChI is InChI=1S/C19H40O7/c1-3-5-19(4-2)18-26-17-16-25-15-14-24-13-12-23-11-10-22-9-8-21-7-6-20/h19-20H,3-18H2,1-2H3. The summed E-state index contributed by atoms with van der Waals surface area (Å²) in [5.74, 6) is 0.674. The molecule has 0 bridgehead atoms. The Morgan fingerprint density at radius 3 is 1.31 bits per heavy atom. The van der Waals surface area contributed by atoms with E-state index in [1.165, 1.54) is 19.3 Å². The molecular weight excluding hydrogens is 340 g/mol. The van der Waals surface area contributed by atoms with Gasteiger partial charge in [-0.15, -0.1) is 0 Å². The molecule has 0 radical (unpaired) electrons. The van der Waals surface area contributed by atoms with Gasteiger partial charge in [-0.05, 0) is 12.3 Å². The molecule has 0 amide bonds. The maximum Gasteiger partial charge on any atom is 0.0701 e. The summed E-state index contributed by atoms with van der Waals surface area (Å²) in [6.07, 6.45) is 3.63. The van der Waals surface area contributed by atoms with Gasteiger partial charge in [-0.25, -0.2) is 0 Å². The first-order chi connectivity index (χ1) is 12.8. The largest absolute Gasteiger partial charge is 0.394 e. The Hall–Kier alpha value is -0.280. The van der Waals surface area contributed by atoms with Crippen LogP contribution in [0.2, 0.25) is 0 Å². The van der Waals surface area contributed by atoms with E-state index in [-0.39, 0.29) is 6.61 Å². The number of rotatable bonds is 22. The topological polar surface area (TPSA) is 75.6 Å². The van der Waals surface area contributed by atoms with Crippen LogP contribution >= 0.6 is 0 Å². The van der Waals surface area contributed by atoms with E-state index in [0.717, 1.165) is 6.61 Å². The van der Waals surface area contributed by atoms with E-state index in [0.29, 0.717) is 78.6 Å². The van der Waals surface area contributed by atoms with Crippen LogP contribution in [0.3, 0.4) is 0 Å². The molecule has 0 aliphatic carbocycles. The van der Waals surface area contributed by atoms with Gasteiger partial charge in [-0.3, -0.25) is 0 Å². The summed E-state index contributed by atoms with van der Waals surface area (Å²) >= 11 is 0. The lowest BCUT2D eigenvalue weighted by atomic mass is 10.0. The smallest absolute Gasteiger partial charge is 0.0701 e. The molecule has 1 N–H and O–H groups in total. The molecule has 158 valence electrons. The maximum atomic E-state index is 8.52. The first kappa shape index (κ1) is 25.7. The van der Waals surface area contributed by atoms with E-state index in [4.69, 9.17) is 33.5 Å². The molecule has 7 heteroatoms. The Kier molecular flexibility index (Phi) is 22.5. The average molecular weight is 381 g/mol. The fourth-order valence-corrected chi connectivity index (χ4v) is 2.23. The highest BCUT2D eigenvalue weighted by atomic mass is 16.6. The second-order valence-corrected chi connectivity index (χ2v) is 5.92. The molecule has 0 aromatic heterocycles. The van der Waals surface area contributed by atoms with Crippen molar-refractivity contribution in [1.29, 1.82) is 0 Å². The molecule has 0 heterocycles. The minimum absolute atomic E-state index is 0.0420. The van der Waals surface area contributed by atoms with Gasteiger partial charge in [0.25, 0.3) is 0 Å². The number of aliphatic hydroxyl groups is 1. The Bertz CT molecular complexity index is 254. The third-order valence-electron chi connectivity index (χ3n) is 3.72. The predicted octanol–water partition coefficient (Wildman–Crippen LogP) is 1.90. The van der Waals surface area contributed by atoms with E-state index in [2.05, 4.69) is 13.8 Å². The Morgan fingerprint density at radius 2 is 0.962 bits per heavy atom. The third kappa shape index (κ3) is 20.0. The zero-order valence-corrected chi connectivity index (χ0v) is 16.8. The number of aliphatic hydroxyl groups excluding tert-OH is 1. The van der Waals surface area contributed by atoms with Crippen LogP contribution in [0.25, 0.3) is 0 Å². The molecule has 7 nitrogen and oxygen atoms in total. The van der Waals surface area contributed by atoms with Crippen molar-refractivity contribution < 1.29 is 33.5 Å². The molecule has 0 aromatic carbocycles. The highest BCUT2D eigenvalue weighted by Gasteiger charge is 2.04. The summed E-state index contributed by atoms with van der Waals surface area (Å²) in [5, 5.41) is 8.52. The molecule has 0 saturated carbocycles. The summed E-state index contributed by atoms with van der Waals surface area (Å²) < 4.78 is 32.3. The zero-order chi connectivity index (χ0) is 19.1. The maximum absolute atomic E-state index is 8.52. The van der Waals surface area contributed by atoms with Gasteiger partial charge >= 0.3 is 0 Å². The normalized spacial score (nSPS) is 12.6. The van der Waals surface area contributed by atoms with Crippen LogP contribution in [0.4, 0.5) is 0 Å². The van der Waals surface area contributed by atoms with E-state index in [1.54, 1.807) is 0 Å². The van der Waals surface area contributed by atoms with Crippen LogP contribution in [0.5, 0.6) is 0 Å². The second kappa shape index (κ2) is 22.8. The SMILES string of the molecule is CCCC(CC)COCCOCCOCCOCCOCCOCCO. The molecular formula is C19H40O7. The van der Waals surface area contributed by atoms with Crippen molar-refractivity contribution >= 4 is 0 Å². The van der Waals surface area contributed by atoms with Crippen molar-refractivity contribution in [2.24, 2.45) is 5.92 Å². The average Bonchev–Trinajstić information content (AvgIpc) is 2.66. The van der Waals surface area contributed by atoms with Gasteiger partial charge in [0.1, 0.15) is 0 Å². The summed E-state index contributed by atoms with van der Waals surface area (Å²) in [7, 11) is 0. The van der Waals surface area contributed by atoms with E-state index >= 15 is 0 Å². The monoisotopic (exact) mass is 380 g/mol. The van der Waals surface area contributed by atoms with Crippen LogP contribution in [0, 0.1) is 5.92 Å². The fourth-order valence-electron chi connectivity index (χ4n) is 2.23. The quantitative estimate of drug-likeness (QED) is 0.288. The van der Waals surface area contributed by atoms with Gasteiger partial charge in [0.2, 0.25) is 0 Å². The molecule has 0 fully saturated rings. The Balaban J connectivity index is 3.07. The zero-order valence-electron chi connectivity index (χ0n) is 16.8. The van der Waals surface area contributed by atoms with E-state index in [1.807, 2.05) is 0 Å². The number of hydrogen-bond donors (Lipinski definition) is 1. The lowest BCUT2D eigenvalue weighted by Gasteiger charge is -2.14. The minimum atomic E-state index is 0.0420. The fraction of sp³-hybridized carbons (Fsp3) is 1.00. The molecule has 1 unspecified atom stereocenters. The van der Waals surface area contributed by atoms with Crippen molar-refractivity contribution in [1.82, 2.24) is 0 Å². The lowest BCUT2D eigenvalue weighted by Crippen LogP contribution is -2.15. The third-order valence-corrected chi connectivity index (χ3v) is 3.72. The highest BCUT2D eigenvalue weighted by molar-refractivity contribution is 4.54. The van der Waals surface area contributed by atoms with Crippen LogP contribution in [0.1, 0.15) is 33.1 Å². The van der Waals surface area contributed by atoms with Crippen molar-refractivity contribution in [3.63, 3.8) is 0 Å². The van der Waals surface area contributed by atoms with Crippen molar-refractivity contribution in [3.05, 3.63) is 0 Å². The Morgan fingerprint density at radius 1 is 0.577 bits per heavy atom. The van der Waals surface area contributed by atoms with E-state index in [9.17, 15) is 0 Å². The second-order valence-electron chi connectivity index (χ2n) is 5.92. The molecule has 0 aliphatic heterocycles. The van der Waals surface area contributed by atoms with Gasteiger partial charge in [0, 0.05) is 6.61 Å². The lowest BCUT2D eigenvalue weighted by molar-refractivity contribution is -0.0198. The molecule has 0 spiro atoms. The van der Waals surface area contributed by atoms with Crippen LogP contribution < -0.4 is 0 Å². The van der Waals surface area contributed by atoms with Gasteiger partial charge in [0.05, 0.1) is 79.3 Å². The molecule has 1 atom stereocenters. The molecule has 0 aromatic rings. The summed E-state index contributed by atoms with van der Waals surface area (Å²) in [6, 6.07) is 0.